The molecular weight excluding hydrogens is 721 g/mol. The summed E-state index contributed by atoms with van der Waals surface area (Å²) in [4.78, 5) is 38.1. The van der Waals surface area contributed by atoms with Crippen molar-refractivity contribution in [2.75, 3.05) is 0 Å². The lowest BCUT2D eigenvalue weighted by Crippen LogP contribution is -2.20. The molecule has 9 nitrogen and oxygen atoms in total. The molecule has 9 heteroatoms. The molecule has 0 radical (unpaired) electrons. The molecule has 0 unspecified atom stereocenters. The lowest BCUT2D eigenvalue weighted by molar-refractivity contribution is 0.150. The highest BCUT2D eigenvalue weighted by Gasteiger charge is 2.27. The fourth-order valence-corrected chi connectivity index (χ4v) is 6.78. The van der Waals surface area contributed by atoms with Crippen molar-refractivity contribution >= 4 is 18.5 Å². The van der Waals surface area contributed by atoms with Crippen molar-refractivity contribution in [1.29, 1.82) is 0 Å². The molecule has 10 aliphatic rings. The van der Waals surface area contributed by atoms with Gasteiger partial charge in [0, 0.05) is 16.2 Å². The monoisotopic (exact) mass is 762 g/mol. The predicted octanol–water partition coefficient (Wildman–Crippen LogP) is 11.7. The molecule has 6 aromatic rings. The van der Waals surface area contributed by atoms with E-state index in [0.717, 1.165) is 33.4 Å². The second-order valence-electron chi connectivity index (χ2n) is 15.4. The molecule has 12 bridgehead atoms. The topological polar surface area (TPSA) is 107 Å². The largest absolute Gasteiger partial charge is 0.519 e. The summed E-state index contributed by atoms with van der Waals surface area (Å²) in [7, 11) is 0. The Morgan fingerprint density at radius 2 is 0.368 bits per heavy atom. The average Bonchev–Trinajstić information content (AvgIpc) is 3.19. The number of hydrogen-bond acceptors (Lipinski definition) is 9. The van der Waals surface area contributed by atoms with Crippen LogP contribution >= 0.6 is 0 Å². The first kappa shape index (κ1) is 38.4. The summed E-state index contributed by atoms with van der Waals surface area (Å²) in [5, 5.41) is 0. The SMILES string of the molecule is CC1(C)c2ccc(cc2)OC(=O)Oc2ccc(cc2)C(C)(C)c2ccc(cc2)OC(=O)Oc2ccc(cc2)C(C)(C)c2ccc(cc2)OC(=O)Oc2ccc1cc2. The molecule has 10 heterocycles. The van der Waals surface area contributed by atoms with Gasteiger partial charge in [0.05, 0.1) is 0 Å². The normalized spacial score (nSPS) is 16.2. The van der Waals surface area contributed by atoms with Crippen LogP contribution < -0.4 is 28.4 Å². The summed E-state index contributed by atoms with van der Waals surface area (Å²) >= 11 is 0. The molecule has 0 saturated heterocycles. The summed E-state index contributed by atoms with van der Waals surface area (Å²) in [5.74, 6) is 2.00. The maximum absolute atomic E-state index is 12.7. The van der Waals surface area contributed by atoms with E-state index in [1.54, 1.807) is 72.8 Å². The van der Waals surface area contributed by atoms with Gasteiger partial charge in [-0.1, -0.05) is 114 Å². The van der Waals surface area contributed by atoms with E-state index in [-0.39, 0.29) is 0 Å². The maximum Gasteiger partial charge on any atom is 0.519 e. The van der Waals surface area contributed by atoms with Crippen LogP contribution in [0, 0.1) is 0 Å². The number of carbonyl (C=O) groups excluding carboxylic acids is 3. The minimum absolute atomic E-state index is 0.334. The molecule has 0 saturated carbocycles. The van der Waals surface area contributed by atoms with E-state index >= 15 is 0 Å². The molecule has 6 aromatic carbocycles. The van der Waals surface area contributed by atoms with E-state index in [1.165, 1.54) is 0 Å². The van der Waals surface area contributed by atoms with Gasteiger partial charge < -0.3 is 28.4 Å². The minimum atomic E-state index is -0.863. The van der Waals surface area contributed by atoms with Crippen LogP contribution in [0.5, 0.6) is 34.5 Å². The molecule has 57 heavy (non-hydrogen) atoms. The Morgan fingerprint density at radius 3 is 0.491 bits per heavy atom. The van der Waals surface area contributed by atoms with Crippen LogP contribution in [-0.4, -0.2) is 18.5 Å². The second kappa shape index (κ2) is 15.3. The highest BCUT2D eigenvalue weighted by atomic mass is 16.7. The quantitative estimate of drug-likeness (QED) is 0.110. The summed E-state index contributed by atoms with van der Waals surface area (Å²) < 4.78 is 32.9. The number of rotatable bonds is 0. The maximum atomic E-state index is 12.7. The number of carbonyl (C=O) groups is 3. The van der Waals surface area contributed by atoms with Crippen LogP contribution in [0.15, 0.2) is 146 Å². The zero-order valence-corrected chi connectivity index (χ0v) is 32.5. The lowest BCUT2D eigenvalue weighted by atomic mass is 9.78. The standard InChI is InChI=1S/C48H42O9/c1-46(2)31-7-19-37(20-8-31)52-43(49)54-39-23-11-33(12-24-39)47(3,4)35-15-27-41(28-16-35)56-45(51)57-42-29-17-36(18-30-42)48(5,6)34-13-25-40(26-14-34)55-44(50)53-38-21-9-32(46)10-22-38/h7-30H,1-6H3. The molecule has 0 spiro atoms. The van der Waals surface area contributed by atoms with Gasteiger partial charge in [0.1, 0.15) is 34.5 Å². The number of ether oxygens (including phenoxy) is 6. The van der Waals surface area contributed by atoms with E-state index in [2.05, 4.69) is 41.5 Å². The van der Waals surface area contributed by atoms with Crippen molar-refractivity contribution in [2.24, 2.45) is 0 Å². The molecule has 288 valence electrons. The Morgan fingerprint density at radius 1 is 0.246 bits per heavy atom. The average molecular weight is 763 g/mol. The van der Waals surface area contributed by atoms with Crippen molar-refractivity contribution in [3.63, 3.8) is 0 Å². The van der Waals surface area contributed by atoms with E-state index in [0.29, 0.717) is 34.5 Å². The molecule has 0 fully saturated rings. The summed E-state index contributed by atoms with van der Waals surface area (Å²) in [6.07, 6.45) is -2.59. The number of hydrogen-bond donors (Lipinski definition) is 0. The third-order valence-electron chi connectivity index (χ3n) is 10.7. The van der Waals surface area contributed by atoms with Crippen LogP contribution in [0.25, 0.3) is 0 Å². The zero-order chi connectivity index (χ0) is 40.4. The first-order valence-electron chi connectivity index (χ1n) is 18.5. The van der Waals surface area contributed by atoms with Gasteiger partial charge >= 0.3 is 18.5 Å². The van der Waals surface area contributed by atoms with E-state index in [1.807, 2.05) is 72.8 Å². The highest BCUT2D eigenvalue weighted by molar-refractivity contribution is 5.69. The van der Waals surface area contributed by atoms with Crippen molar-refractivity contribution < 1.29 is 42.8 Å². The Hall–Kier alpha value is -6.87. The predicted molar refractivity (Wildman–Crippen MR) is 215 cm³/mol. The van der Waals surface area contributed by atoms with Crippen LogP contribution in [0.4, 0.5) is 14.4 Å². The first-order chi connectivity index (χ1) is 27.2. The molecule has 0 amide bonds. The van der Waals surface area contributed by atoms with Crippen molar-refractivity contribution in [2.45, 2.75) is 57.8 Å². The van der Waals surface area contributed by atoms with Crippen molar-refractivity contribution in [3.8, 4) is 34.5 Å². The van der Waals surface area contributed by atoms with E-state index < -0.39 is 34.7 Å². The van der Waals surface area contributed by atoms with Crippen LogP contribution in [0.2, 0.25) is 0 Å². The van der Waals surface area contributed by atoms with Gasteiger partial charge in [-0.05, 0) is 106 Å². The van der Waals surface area contributed by atoms with Gasteiger partial charge in [0.25, 0.3) is 0 Å². The summed E-state index contributed by atoms with van der Waals surface area (Å²) in [6.45, 7) is 12.4. The van der Waals surface area contributed by atoms with Gasteiger partial charge in [0.15, 0.2) is 0 Å². The Kier molecular flexibility index (Phi) is 10.3. The molecule has 0 aromatic heterocycles. The molecule has 0 N–H and O–H groups in total. The van der Waals surface area contributed by atoms with E-state index in [4.69, 9.17) is 28.4 Å². The van der Waals surface area contributed by atoms with Gasteiger partial charge in [-0.15, -0.1) is 0 Å². The second-order valence-corrected chi connectivity index (χ2v) is 15.4. The van der Waals surface area contributed by atoms with Gasteiger partial charge in [-0.2, -0.15) is 0 Å². The third kappa shape index (κ3) is 8.53. The van der Waals surface area contributed by atoms with Gasteiger partial charge in [-0.25, -0.2) is 14.4 Å². The van der Waals surface area contributed by atoms with Crippen molar-refractivity contribution in [1.82, 2.24) is 0 Å². The van der Waals surface area contributed by atoms with Crippen LogP contribution in [-0.2, 0) is 16.2 Å². The van der Waals surface area contributed by atoms with Gasteiger partial charge in [0.2, 0.25) is 0 Å². The molecular formula is C48H42O9. The Labute approximate surface area is 331 Å². The Bertz CT molecular complexity index is 1940. The van der Waals surface area contributed by atoms with Crippen molar-refractivity contribution in [3.05, 3.63) is 179 Å². The summed E-state index contributed by atoms with van der Waals surface area (Å²) in [6, 6.07) is 43.3. The lowest BCUT2D eigenvalue weighted by Gasteiger charge is -2.26. The fraction of sp³-hybridized carbons (Fsp3) is 0.188. The minimum Gasteiger partial charge on any atom is -0.395 e. The Balaban J connectivity index is 1.13. The fourth-order valence-electron chi connectivity index (χ4n) is 6.78. The third-order valence-corrected chi connectivity index (χ3v) is 10.7. The van der Waals surface area contributed by atoms with E-state index in [9.17, 15) is 14.4 Å². The molecule has 10 aliphatic heterocycles. The molecule has 16 rings (SSSR count). The number of benzene rings is 6. The molecule has 0 aliphatic carbocycles. The summed E-state index contributed by atoms with van der Waals surface area (Å²) in [5.41, 5.74) is 4.58. The highest BCUT2D eigenvalue weighted by Crippen LogP contribution is 2.36. The van der Waals surface area contributed by atoms with Crippen LogP contribution in [0.1, 0.15) is 74.9 Å². The first-order valence-corrected chi connectivity index (χ1v) is 18.5. The smallest absolute Gasteiger partial charge is 0.395 e. The van der Waals surface area contributed by atoms with Gasteiger partial charge in [-0.3, -0.25) is 0 Å². The van der Waals surface area contributed by atoms with Crippen LogP contribution in [0.3, 0.4) is 0 Å². The zero-order valence-electron chi connectivity index (χ0n) is 32.5. The molecule has 0 atom stereocenters.